The van der Waals surface area contributed by atoms with Crippen molar-refractivity contribution in [2.24, 2.45) is 0 Å². The topological polar surface area (TPSA) is 42.7 Å². The number of nitrogens with one attached hydrogen (secondary N) is 1. The van der Waals surface area contributed by atoms with Crippen LogP contribution in [0.5, 0.6) is 0 Å². The van der Waals surface area contributed by atoms with E-state index >= 15 is 0 Å². The lowest BCUT2D eigenvalue weighted by atomic mass is 10.2. The molecule has 3 heterocycles. The van der Waals surface area contributed by atoms with Crippen LogP contribution in [0.25, 0.3) is 0 Å². The highest BCUT2D eigenvalue weighted by molar-refractivity contribution is 7.09. The Morgan fingerprint density at radius 1 is 1.59 bits per heavy atom. The molecule has 17 heavy (non-hydrogen) atoms. The fourth-order valence-electron chi connectivity index (χ4n) is 2.35. The van der Waals surface area contributed by atoms with E-state index < -0.39 is 0 Å². The third-order valence-corrected chi connectivity index (χ3v) is 3.98. The zero-order valence-corrected chi connectivity index (χ0v) is 10.7. The molecule has 1 saturated heterocycles. The summed E-state index contributed by atoms with van der Waals surface area (Å²) in [6.45, 7) is 3.99. The van der Waals surface area contributed by atoms with Gasteiger partial charge in [0.25, 0.3) is 0 Å². The van der Waals surface area contributed by atoms with Gasteiger partial charge in [0.05, 0.1) is 29.3 Å². The van der Waals surface area contributed by atoms with Crippen LogP contribution in [0.2, 0.25) is 0 Å². The smallest absolute Gasteiger partial charge is 0.0952 e. The lowest BCUT2D eigenvalue weighted by molar-refractivity contribution is 0.582. The third-order valence-electron chi connectivity index (χ3n) is 3.16. The number of hydrogen-bond acceptors (Lipinski definition) is 4. The first-order valence-corrected chi connectivity index (χ1v) is 6.85. The second kappa shape index (κ2) is 4.58. The highest BCUT2D eigenvalue weighted by Crippen LogP contribution is 2.23. The summed E-state index contributed by atoms with van der Waals surface area (Å²) in [4.78, 5) is 8.77. The first-order chi connectivity index (χ1) is 8.33. The van der Waals surface area contributed by atoms with E-state index in [1.807, 2.05) is 19.4 Å². The van der Waals surface area contributed by atoms with Crippen molar-refractivity contribution in [2.45, 2.75) is 32.4 Å². The normalized spacial score (nSPS) is 19.9. The molecule has 1 aliphatic heterocycles. The number of aryl methyl sites for hydroxylation is 1. The Hall–Kier alpha value is -1.20. The van der Waals surface area contributed by atoms with E-state index in [0.717, 1.165) is 23.8 Å². The Morgan fingerprint density at radius 3 is 3.24 bits per heavy atom. The van der Waals surface area contributed by atoms with Gasteiger partial charge in [0.1, 0.15) is 0 Å². The van der Waals surface area contributed by atoms with E-state index in [2.05, 4.69) is 25.2 Å². The van der Waals surface area contributed by atoms with Crippen LogP contribution in [0.15, 0.2) is 17.9 Å². The van der Waals surface area contributed by atoms with Gasteiger partial charge in [0.15, 0.2) is 0 Å². The molecular formula is C12H16N4S. The summed E-state index contributed by atoms with van der Waals surface area (Å²) in [6, 6.07) is 0.470. The van der Waals surface area contributed by atoms with Crippen LogP contribution in [0.4, 0.5) is 0 Å². The third kappa shape index (κ3) is 2.25. The highest BCUT2D eigenvalue weighted by Gasteiger charge is 2.19. The van der Waals surface area contributed by atoms with Crippen LogP contribution in [0.1, 0.15) is 35.3 Å². The molecule has 90 valence electrons. The second-order valence-electron chi connectivity index (χ2n) is 4.45. The molecule has 0 aromatic carbocycles. The van der Waals surface area contributed by atoms with E-state index in [-0.39, 0.29) is 0 Å². The van der Waals surface area contributed by atoms with Crippen molar-refractivity contribution in [3.63, 3.8) is 0 Å². The van der Waals surface area contributed by atoms with Crippen molar-refractivity contribution in [1.29, 1.82) is 0 Å². The van der Waals surface area contributed by atoms with Gasteiger partial charge in [-0.05, 0) is 26.3 Å². The molecule has 2 aromatic rings. The number of thiazole rings is 1. The van der Waals surface area contributed by atoms with Gasteiger partial charge in [-0.15, -0.1) is 11.3 Å². The summed E-state index contributed by atoms with van der Waals surface area (Å²) in [5.41, 5.74) is 2.41. The van der Waals surface area contributed by atoms with Gasteiger partial charge in [-0.3, -0.25) is 0 Å². The van der Waals surface area contributed by atoms with Crippen LogP contribution in [-0.2, 0) is 6.54 Å². The number of imidazole rings is 1. The van der Waals surface area contributed by atoms with E-state index in [9.17, 15) is 0 Å². The minimum atomic E-state index is 0.470. The van der Waals surface area contributed by atoms with E-state index in [4.69, 9.17) is 0 Å². The van der Waals surface area contributed by atoms with Crippen molar-refractivity contribution >= 4 is 11.3 Å². The number of rotatable bonds is 3. The maximum absolute atomic E-state index is 4.50. The van der Waals surface area contributed by atoms with Crippen molar-refractivity contribution < 1.29 is 0 Å². The number of hydrogen-bond donors (Lipinski definition) is 1. The SMILES string of the molecule is Cc1nc(Cn2cncc2C2CCCN2)cs1. The first-order valence-electron chi connectivity index (χ1n) is 5.97. The quantitative estimate of drug-likeness (QED) is 0.904. The molecule has 5 heteroatoms. The molecule has 0 bridgehead atoms. The molecular weight excluding hydrogens is 232 g/mol. The molecule has 1 unspecified atom stereocenters. The minimum Gasteiger partial charge on any atom is -0.327 e. The summed E-state index contributed by atoms with van der Waals surface area (Å²) in [7, 11) is 0. The number of nitrogens with zero attached hydrogens (tertiary/aromatic N) is 3. The molecule has 4 nitrogen and oxygen atoms in total. The molecule has 1 aliphatic rings. The lowest BCUT2D eigenvalue weighted by Gasteiger charge is -2.12. The first kappa shape index (κ1) is 10.9. The van der Waals surface area contributed by atoms with Gasteiger partial charge in [-0.25, -0.2) is 9.97 Å². The molecule has 1 atom stereocenters. The predicted molar refractivity (Wildman–Crippen MR) is 68.2 cm³/mol. The molecule has 2 aromatic heterocycles. The zero-order valence-electron chi connectivity index (χ0n) is 9.89. The monoisotopic (exact) mass is 248 g/mol. The standard InChI is InChI=1S/C12H16N4S/c1-9-15-10(7-17-9)6-16-8-13-5-12(16)11-3-2-4-14-11/h5,7-8,11,14H,2-4,6H2,1H3. The summed E-state index contributed by atoms with van der Waals surface area (Å²) in [5.74, 6) is 0. The molecule has 1 fully saturated rings. The Balaban J connectivity index is 1.81. The van der Waals surface area contributed by atoms with Crippen LogP contribution in [0, 0.1) is 6.92 Å². The summed E-state index contributed by atoms with van der Waals surface area (Å²) in [5, 5.41) is 6.76. The van der Waals surface area contributed by atoms with Gasteiger partial charge in [-0.1, -0.05) is 0 Å². The van der Waals surface area contributed by atoms with E-state index in [0.29, 0.717) is 6.04 Å². The predicted octanol–water partition coefficient (Wildman–Crippen LogP) is 2.12. The highest BCUT2D eigenvalue weighted by atomic mass is 32.1. The Kier molecular flexibility index (Phi) is 2.94. The van der Waals surface area contributed by atoms with Gasteiger partial charge >= 0.3 is 0 Å². The van der Waals surface area contributed by atoms with Crippen LogP contribution in [-0.4, -0.2) is 21.1 Å². The van der Waals surface area contributed by atoms with Crippen molar-refractivity contribution in [2.75, 3.05) is 6.54 Å². The molecule has 0 aliphatic carbocycles. The second-order valence-corrected chi connectivity index (χ2v) is 5.52. The summed E-state index contributed by atoms with van der Waals surface area (Å²) in [6.07, 6.45) is 6.35. The molecule has 0 saturated carbocycles. The lowest BCUT2D eigenvalue weighted by Crippen LogP contribution is -2.17. The van der Waals surface area contributed by atoms with E-state index in [1.54, 1.807) is 11.3 Å². The summed E-state index contributed by atoms with van der Waals surface area (Å²) >= 11 is 1.70. The maximum Gasteiger partial charge on any atom is 0.0952 e. The molecule has 3 rings (SSSR count). The zero-order chi connectivity index (χ0) is 11.7. The maximum atomic E-state index is 4.50. The molecule has 0 amide bonds. The van der Waals surface area contributed by atoms with Crippen molar-refractivity contribution in [3.8, 4) is 0 Å². The average Bonchev–Trinajstić information content (AvgIpc) is 3.00. The minimum absolute atomic E-state index is 0.470. The molecule has 0 spiro atoms. The van der Waals surface area contributed by atoms with Gasteiger partial charge in [-0.2, -0.15) is 0 Å². The Morgan fingerprint density at radius 2 is 2.53 bits per heavy atom. The van der Waals surface area contributed by atoms with Crippen LogP contribution >= 0.6 is 11.3 Å². The summed E-state index contributed by atoms with van der Waals surface area (Å²) < 4.78 is 2.21. The molecule has 1 N–H and O–H groups in total. The fraction of sp³-hybridized carbons (Fsp3) is 0.500. The van der Waals surface area contributed by atoms with Crippen LogP contribution in [0.3, 0.4) is 0 Å². The van der Waals surface area contributed by atoms with Gasteiger partial charge < -0.3 is 9.88 Å². The van der Waals surface area contributed by atoms with Gasteiger partial charge in [0.2, 0.25) is 0 Å². The average molecular weight is 248 g/mol. The fourth-order valence-corrected chi connectivity index (χ4v) is 2.95. The largest absolute Gasteiger partial charge is 0.327 e. The van der Waals surface area contributed by atoms with Crippen LogP contribution < -0.4 is 5.32 Å². The Labute approximate surface area is 105 Å². The molecule has 0 radical (unpaired) electrons. The van der Waals surface area contributed by atoms with Gasteiger partial charge in [0, 0.05) is 17.6 Å². The van der Waals surface area contributed by atoms with Crippen molar-refractivity contribution in [3.05, 3.63) is 34.3 Å². The van der Waals surface area contributed by atoms with Crippen molar-refractivity contribution in [1.82, 2.24) is 19.9 Å². The Bertz CT molecular complexity index is 496. The van der Waals surface area contributed by atoms with E-state index in [1.165, 1.54) is 18.5 Å². The number of aromatic nitrogens is 3.